The lowest BCUT2D eigenvalue weighted by Crippen LogP contribution is -2.36. The van der Waals surface area contributed by atoms with Crippen molar-refractivity contribution in [3.05, 3.63) is 60.7 Å². The number of para-hydroxylation sites is 2. The molecule has 29 heavy (non-hydrogen) atoms. The summed E-state index contributed by atoms with van der Waals surface area (Å²) in [5, 5.41) is 0. The van der Waals surface area contributed by atoms with Gasteiger partial charge in [-0.05, 0) is 24.3 Å². The monoisotopic (exact) mass is 420 g/mol. The Morgan fingerprint density at radius 3 is 1.48 bits per heavy atom. The first-order valence-electron chi connectivity index (χ1n) is 8.86. The van der Waals surface area contributed by atoms with Crippen molar-refractivity contribution in [1.29, 1.82) is 0 Å². The Morgan fingerprint density at radius 2 is 1.10 bits per heavy atom. The first-order valence-corrected chi connectivity index (χ1v) is 10.7. The molecule has 0 amide bonds. The highest BCUT2D eigenvalue weighted by atomic mass is 32.2. The minimum atomic E-state index is -3.51. The minimum Gasteiger partial charge on any atom is -0.482 e. The van der Waals surface area contributed by atoms with Crippen LogP contribution in [-0.4, -0.2) is 57.3 Å². The number of benzene rings is 2. The number of hydrogen-bond acceptors (Lipinski definition) is 8. The molecule has 0 unspecified atom stereocenters. The van der Waals surface area contributed by atoms with E-state index in [-0.39, 0.29) is 0 Å². The normalized spacial score (nSPS) is 19.9. The van der Waals surface area contributed by atoms with Gasteiger partial charge in [0.05, 0.1) is 11.5 Å². The lowest BCUT2D eigenvalue weighted by atomic mass is 10.2. The van der Waals surface area contributed by atoms with Gasteiger partial charge < -0.3 is 18.9 Å². The van der Waals surface area contributed by atoms with Gasteiger partial charge in [-0.3, -0.25) is 0 Å². The number of rotatable bonds is 8. The highest BCUT2D eigenvalue weighted by Crippen LogP contribution is 2.20. The van der Waals surface area contributed by atoms with Crippen LogP contribution in [-0.2, 0) is 28.9 Å². The number of esters is 2. The molecule has 0 radical (unpaired) electrons. The maximum Gasteiger partial charge on any atom is 0.344 e. The van der Waals surface area contributed by atoms with Crippen molar-refractivity contribution in [2.75, 3.05) is 24.7 Å². The molecule has 0 saturated carbocycles. The molecule has 1 fully saturated rings. The SMILES string of the molecule is O=C(COc1ccccc1)O[C@@H]1CS(=O)(=O)C[C@H]1OC(=O)COc1ccccc1. The predicted molar refractivity (Wildman–Crippen MR) is 102 cm³/mol. The maximum absolute atomic E-state index is 12.0. The molecular formula is C20H20O8S. The van der Waals surface area contributed by atoms with Crippen molar-refractivity contribution in [3.63, 3.8) is 0 Å². The van der Waals surface area contributed by atoms with E-state index in [2.05, 4.69) is 0 Å². The van der Waals surface area contributed by atoms with Crippen LogP contribution in [0.25, 0.3) is 0 Å². The third-order valence-corrected chi connectivity index (χ3v) is 5.69. The average molecular weight is 420 g/mol. The van der Waals surface area contributed by atoms with Crippen LogP contribution in [0.15, 0.2) is 60.7 Å². The Hall–Kier alpha value is -3.07. The minimum absolute atomic E-state index is 0.391. The fourth-order valence-electron chi connectivity index (χ4n) is 2.73. The second-order valence-electron chi connectivity index (χ2n) is 6.34. The predicted octanol–water partition coefficient (Wildman–Crippen LogP) is 1.40. The molecule has 8 nitrogen and oxygen atoms in total. The zero-order valence-corrected chi connectivity index (χ0v) is 16.2. The second kappa shape index (κ2) is 9.42. The number of carbonyl (C=O) groups is 2. The van der Waals surface area contributed by atoms with Crippen molar-refractivity contribution in [3.8, 4) is 11.5 Å². The van der Waals surface area contributed by atoms with Gasteiger partial charge in [0, 0.05) is 0 Å². The molecule has 1 heterocycles. The van der Waals surface area contributed by atoms with E-state index in [1.54, 1.807) is 60.7 Å². The van der Waals surface area contributed by atoms with Crippen molar-refractivity contribution < 1.29 is 37.0 Å². The van der Waals surface area contributed by atoms with E-state index in [0.717, 1.165) is 0 Å². The van der Waals surface area contributed by atoms with Gasteiger partial charge in [0.15, 0.2) is 35.3 Å². The van der Waals surface area contributed by atoms with Crippen LogP contribution in [0.3, 0.4) is 0 Å². The Bertz CT molecular complexity index is 856. The van der Waals surface area contributed by atoms with Gasteiger partial charge in [-0.15, -0.1) is 0 Å². The molecule has 0 spiro atoms. The van der Waals surface area contributed by atoms with Gasteiger partial charge in [-0.2, -0.15) is 0 Å². The summed E-state index contributed by atoms with van der Waals surface area (Å²) in [6.45, 7) is -0.781. The first kappa shape index (κ1) is 20.7. The Labute approximate surface area is 168 Å². The van der Waals surface area contributed by atoms with Crippen LogP contribution in [0.1, 0.15) is 0 Å². The molecule has 2 aromatic rings. The van der Waals surface area contributed by atoms with Crippen LogP contribution < -0.4 is 9.47 Å². The Balaban J connectivity index is 1.51. The quantitative estimate of drug-likeness (QED) is 0.590. The fourth-order valence-corrected chi connectivity index (χ4v) is 4.43. The standard InChI is InChI=1S/C20H20O8S/c21-19(11-25-15-7-3-1-4-8-15)27-17-13-29(23,24)14-18(17)28-20(22)12-26-16-9-5-2-6-10-16/h1-10,17-18H,11-14H2/t17-,18-/m1/s1. The molecule has 0 aromatic heterocycles. The van der Waals surface area contributed by atoms with Crippen LogP contribution in [0.4, 0.5) is 0 Å². The summed E-state index contributed by atoms with van der Waals surface area (Å²) < 4.78 is 44.8. The van der Waals surface area contributed by atoms with Crippen molar-refractivity contribution in [2.45, 2.75) is 12.2 Å². The van der Waals surface area contributed by atoms with Gasteiger partial charge >= 0.3 is 11.9 Å². The molecule has 0 N–H and O–H groups in total. The van der Waals surface area contributed by atoms with Gasteiger partial charge in [0.1, 0.15) is 11.5 Å². The maximum atomic E-state index is 12.0. The van der Waals surface area contributed by atoms with Crippen molar-refractivity contribution in [1.82, 2.24) is 0 Å². The lowest BCUT2D eigenvalue weighted by Gasteiger charge is -2.19. The van der Waals surface area contributed by atoms with E-state index >= 15 is 0 Å². The Morgan fingerprint density at radius 1 is 0.724 bits per heavy atom. The van der Waals surface area contributed by atoms with E-state index < -0.39 is 58.7 Å². The summed E-state index contributed by atoms with van der Waals surface area (Å²) >= 11 is 0. The summed E-state index contributed by atoms with van der Waals surface area (Å²) in [6.07, 6.45) is -2.18. The zero-order chi connectivity index (χ0) is 20.7. The third-order valence-electron chi connectivity index (χ3n) is 4.02. The van der Waals surface area contributed by atoms with Crippen LogP contribution in [0.5, 0.6) is 11.5 Å². The molecule has 0 bridgehead atoms. The smallest absolute Gasteiger partial charge is 0.344 e. The molecule has 1 saturated heterocycles. The fraction of sp³-hybridized carbons (Fsp3) is 0.300. The van der Waals surface area contributed by atoms with E-state index in [1.165, 1.54) is 0 Å². The summed E-state index contributed by atoms with van der Waals surface area (Å²) in [7, 11) is -3.51. The molecule has 9 heteroatoms. The highest BCUT2D eigenvalue weighted by molar-refractivity contribution is 7.91. The molecule has 3 rings (SSSR count). The zero-order valence-electron chi connectivity index (χ0n) is 15.4. The largest absolute Gasteiger partial charge is 0.482 e. The lowest BCUT2D eigenvalue weighted by molar-refractivity contribution is -0.166. The summed E-state index contributed by atoms with van der Waals surface area (Å²) in [5.41, 5.74) is 0. The van der Waals surface area contributed by atoms with Crippen molar-refractivity contribution >= 4 is 21.8 Å². The summed E-state index contributed by atoms with van der Waals surface area (Å²) in [6, 6.07) is 17.3. The second-order valence-corrected chi connectivity index (χ2v) is 8.49. The Kier molecular flexibility index (Phi) is 6.71. The van der Waals surface area contributed by atoms with Gasteiger partial charge in [0.25, 0.3) is 0 Å². The number of ether oxygens (including phenoxy) is 4. The van der Waals surface area contributed by atoms with E-state index in [1.807, 2.05) is 0 Å². The molecule has 2 aromatic carbocycles. The van der Waals surface area contributed by atoms with Crippen LogP contribution in [0, 0.1) is 0 Å². The molecule has 1 aliphatic heterocycles. The average Bonchev–Trinajstić information content (AvgIpc) is 2.99. The number of hydrogen-bond donors (Lipinski definition) is 0. The van der Waals surface area contributed by atoms with Crippen LogP contribution in [0.2, 0.25) is 0 Å². The molecule has 1 aliphatic rings. The molecule has 2 atom stereocenters. The summed E-state index contributed by atoms with van der Waals surface area (Å²) in [4.78, 5) is 24.0. The van der Waals surface area contributed by atoms with Crippen LogP contribution >= 0.6 is 0 Å². The number of carbonyl (C=O) groups excluding carboxylic acids is 2. The molecular weight excluding hydrogens is 400 g/mol. The topological polar surface area (TPSA) is 105 Å². The van der Waals surface area contributed by atoms with E-state index in [4.69, 9.17) is 18.9 Å². The highest BCUT2D eigenvalue weighted by Gasteiger charge is 2.43. The molecule has 154 valence electrons. The van der Waals surface area contributed by atoms with Gasteiger partial charge in [-0.25, -0.2) is 18.0 Å². The first-order chi connectivity index (χ1) is 13.9. The van der Waals surface area contributed by atoms with E-state index in [0.29, 0.717) is 11.5 Å². The third kappa shape index (κ3) is 6.49. The van der Waals surface area contributed by atoms with Gasteiger partial charge in [0.2, 0.25) is 0 Å². The number of sulfone groups is 1. The van der Waals surface area contributed by atoms with E-state index in [9.17, 15) is 18.0 Å². The van der Waals surface area contributed by atoms with Gasteiger partial charge in [-0.1, -0.05) is 36.4 Å². The summed E-state index contributed by atoms with van der Waals surface area (Å²) in [5.74, 6) is -1.38. The molecule has 0 aliphatic carbocycles. The van der Waals surface area contributed by atoms with Crippen molar-refractivity contribution in [2.24, 2.45) is 0 Å².